The molecule has 1 aromatic rings. The second-order valence-electron chi connectivity index (χ2n) is 6.82. The molecule has 2 aliphatic rings. The van der Waals surface area contributed by atoms with Crippen LogP contribution in [0.15, 0.2) is 23.1 Å². The van der Waals surface area contributed by atoms with Crippen LogP contribution in [-0.2, 0) is 26.0 Å². The van der Waals surface area contributed by atoms with Gasteiger partial charge in [-0.2, -0.15) is 4.31 Å². The highest BCUT2D eigenvalue weighted by Crippen LogP contribution is 2.37. The highest BCUT2D eigenvalue weighted by molar-refractivity contribution is 7.89. The van der Waals surface area contributed by atoms with Crippen molar-refractivity contribution in [3.63, 3.8) is 0 Å². The summed E-state index contributed by atoms with van der Waals surface area (Å²) < 4.78 is 27.3. The van der Waals surface area contributed by atoms with E-state index < -0.39 is 15.4 Å². The number of primary amides is 1. The molecule has 2 heterocycles. The van der Waals surface area contributed by atoms with Crippen molar-refractivity contribution in [2.24, 2.45) is 11.1 Å². The lowest BCUT2D eigenvalue weighted by Crippen LogP contribution is -2.48. The van der Waals surface area contributed by atoms with E-state index in [1.807, 2.05) is 6.92 Å². The van der Waals surface area contributed by atoms with Crippen LogP contribution in [-0.4, -0.2) is 44.7 Å². The predicted molar refractivity (Wildman–Crippen MR) is 93.5 cm³/mol. The number of hydrogen-bond acceptors (Lipinski definition) is 4. The zero-order valence-corrected chi connectivity index (χ0v) is 15.3. The summed E-state index contributed by atoms with van der Waals surface area (Å²) in [5.41, 5.74) is 6.39. The van der Waals surface area contributed by atoms with Crippen LogP contribution in [0, 0.1) is 5.41 Å². The number of likely N-dealkylation sites (N-methyl/N-ethyl adjacent to an activating group) is 1. The summed E-state index contributed by atoms with van der Waals surface area (Å²) in [5.74, 6) is -0.400. The van der Waals surface area contributed by atoms with Crippen LogP contribution in [0.4, 0.5) is 5.69 Å². The number of amides is 2. The third-order valence-electron chi connectivity index (χ3n) is 5.64. The molecule has 0 spiro atoms. The molecule has 8 heteroatoms. The van der Waals surface area contributed by atoms with E-state index >= 15 is 0 Å². The molecule has 3 rings (SSSR count). The van der Waals surface area contributed by atoms with Gasteiger partial charge in [-0.05, 0) is 43.0 Å². The lowest BCUT2D eigenvalue weighted by Gasteiger charge is -2.38. The molecule has 1 fully saturated rings. The molecule has 0 aliphatic carbocycles. The Bertz CT molecular complexity index is 826. The Morgan fingerprint density at radius 3 is 2.48 bits per heavy atom. The Hall–Kier alpha value is -1.93. The van der Waals surface area contributed by atoms with Gasteiger partial charge in [0.15, 0.2) is 0 Å². The van der Waals surface area contributed by atoms with Gasteiger partial charge in [0.2, 0.25) is 21.8 Å². The second-order valence-corrected chi connectivity index (χ2v) is 8.76. The summed E-state index contributed by atoms with van der Waals surface area (Å²) in [6.45, 7) is 2.45. The van der Waals surface area contributed by atoms with E-state index in [0.29, 0.717) is 19.3 Å². The number of rotatable bonds is 4. The van der Waals surface area contributed by atoms with Gasteiger partial charge in [-0.15, -0.1) is 0 Å². The average molecular weight is 365 g/mol. The van der Waals surface area contributed by atoms with Crippen molar-refractivity contribution in [2.45, 2.75) is 37.5 Å². The molecule has 2 N–H and O–H groups in total. The zero-order valence-electron chi connectivity index (χ0n) is 14.5. The lowest BCUT2D eigenvalue weighted by atomic mass is 9.76. The minimum Gasteiger partial charge on any atom is -0.369 e. The molecule has 1 saturated heterocycles. The summed E-state index contributed by atoms with van der Waals surface area (Å²) in [7, 11) is -1.97. The molecule has 0 unspecified atom stereocenters. The molecule has 0 aromatic heterocycles. The maximum absolute atomic E-state index is 12.9. The zero-order chi connectivity index (χ0) is 18.4. The normalized spacial score (nSPS) is 20.6. The highest BCUT2D eigenvalue weighted by Gasteiger charge is 2.41. The Balaban J connectivity index is 1.83. The van der Waals surface area contributed by atoms with Crippen molar-refractivity contribution in [3.8, 4) is 0 Å². The standard InChI is InChI=1S/C17H23N3O4S/c1-3-17(16(18)22)6-8-20(9-7-17)25(23,24)13-4-5-14-12(10-13)11-15(21)19(14)2/h4-5,10H,3,6-9,11H2,1-2H3,(H2,18,22). The first kappa shape index (κ1) is 17.9. The molecular formula is C17H23N3O4S. The first-order chi connectivity index (χ1) is 11.7. The third-order valence-corrected chi connectivity index (χ3v) is 7.54. The number of nitrogens with two attached hydrogens (primary N) is 1. The summed E-state index contributed by atoms with van der Waals surface area (Å²) >= 11 is 0. The molecule has 0 saturated carbocycles. The Kier molecular flexibility index (Phi) is 4.36. The van der Waals surface area contributed by atoms with Crippen LogP contribution in [0.5, 0.6) is 0 Å². The average Bonchev–Trinajstić information content (AvgIpc) is 2.88. The SMILES string of the molecule is CCC1(C(N)=O)CCN(S(=O)(=O)c2ccc3c(c2)CC(=O)N3C)CC1. The Morgan fingerprint density at radius 1 is 1.28 bits per heavy atom. The van der Waals surface area contributed by atoms with Crippen molar-refractivity contribution in [3.05, 3.63) is 23.8 Å². The van der Waals surface area contributed by atoms with Crippen molar-refractivity contribution in [2.75, 3.05) is 25.0 Å². The number of carbonyl (C=O) groups excluding carboxylic acids is 2. The van der Waals surface area contributed by atoms with E-state index in [9.17, 15) is 18.0 Å². The maximum atomic E-state index is 12.9. The van der Waals surface area contributed by atoms with Gasteiger partial charge in [-0.1, -0.05) is 6.92 Å². The molecule has 1 aromatic carbocycles. The number of sulfonamides is 1. The minimum atomic E-state index is -3.65. The van der Waals surface area contributed by atoms with Crippen LogP contribution in [0.3, 0.4) is 0 Å². The summed E-state index contributed by atoms with van der Waals surface area (Å²) in [5, 5.41) is 0. The number of anilines is 1. The molecule has 136 valence electrons. The minimum absolute atomic E-state index is 0.0447. The fourth-order valence-electron chi connectivity index (χ4n) is 3.68. The molecule has 0 bridgehead atoms. The lowest BCUT2D eigenvalue weighted by molar-refractivity contribution is -0.130. The first-order valence-corrected chi connectivity index (χ1v) is 9.85. The maximum Gasteiger partial charge on any atom is 0.243 e. The van der Waals surface area contributed by atoms with E-state index in [1.165, 1.54) is 9.21 Å². The summed E-state index contributed by atoms with van der Waals surface area (Å²) in [4.78, 5) is 25.3. The van der Waals surface area contributed by atoms with Gasteiger partial charge in [0, 0.05) is 25.8 Å². The topological polar surface area (TPSA) is 101 Å². The van der Waals surface area contributed by atoms with Gasteiger partial charge < -0.3 is 10.6 Å². The van der Waals surface area contributed by atoms with Gasteiger partial charge in [0.1, 0.15) is 0 Å². The Labute approximate surface area is 147 Å². The van der Waals surface area contributed by atoms with Crippen LogP contribution in [0.1, 0.15) is 31.7 Å². The number of hydrogen-bond donors (Lipinski definition) is 1. The van der Waals surface area contributed by atoms with Crippen molar-refractivity contribution < 1.29 is 18.0 Å². The molecule has 0 radical (unpaired) electrons. The third kappa shape index (κ3) is 2.83. The monoisotopic (exact) mass is 365 g/mol. The molecule has 7 nitrogen and oxygen atoms in total. The van der Waals surface area contributed by atoms with Crippen LogP contribution in [0.2, 0.25) is 0 Å². The van der Waals surface area contributed by atoms with Gasteiger partial charge >= 0.3 is 0 Å². The summed E-state index contributed by atoms with van der Waals surface area (Å²) in [6.07, 6.45) is 1.70. The van der Waals surface area contributed by atoms with Crippen molar-refractivity contribution in [1.82, 2.24) is 4.31 Å². The van der Waals surface area contributed by atoms with Crippen LogP contribution >= 0.6 is 0 Å². The van der Waals surface area contributed by atoms with E-state index in [1.54, 1.807) is 25.2 Å². The first-order valence-electron chi connectivity index (χ1n) is 8.41. The molecule has 2 amide bonds. The quantitative estimate of drug-likeness (QED) is 0.855. The number of fused-ring (bicyclic) bond motifs is 1. The van der Waals surface area contributed by atoms with Crippen LogP contribution < -0.4 is 10.6 Å². The molecule has 0 atom stereocenters. The number of carbonyl (C=O) groups is 2. The van der Waals surface area contributed by atoms with E-state index in [4.69, 9.17) is 5.73 Å². The predicted octanol–water partition coefficient (Wildman–Crippen LogP) is 0.872. The van der Waals surface area contributed by atoms with E-state index in [-0.39, 0.29) is 36.2 Å². The Morgan fingerprint density at radius 2 is 1.92 bits per heavy atom. The van der Waals surface area contributed by atoms with E-state index in [0.717, 1.165) is 11.3 Å². The highest BCUT2D eigenvalue weighted by atomic mass is 32.2. The fourth-order valence-corrected chi connectivity index (χ4v) is 5.18. The molecular weight excluding hydrogens is 342 g/mol. The smallest absolute Gasteiger partial charge is 0.243 e. The van der Waals surface area contributed by atoms with Crippen molar-refractivity contribution in [1.29, 1.82) is 0 Å². The number of nitrogens with zero attached hydrogens (tertiary/aromatic N) is 2. The second kappa shape index (κ2) is 6.10. The fraction of sp³-hybridized carbons (Fsp3) is 0.529. The molecule has 25 heavy (non-hydrogen) atoms. The summed E-state index contributed by atoms with van der Waals surface area (Å²) in [6, 6.07) is 4.80. The van der Waals surface area contributed by atoms with Gasteiger partial charge in [-0.3, -0.25) is 9.59 Å². The number of piperidine rings is 1. The van der Waals surface area contributed by atoms with Crippen molar-refractivity contribution >= 4 is 27.5 Å². The largest absolute Gasteiger partial charge is 0.369 e. The molecule has 2 aliphatic heterocycles. The van der Waals surface area contributed by atoms with Gasteiger partial charge in [0.25, 0.3) is 0 Å². The van der Waals surface area contributed by atoms with E-state index in [2.05, 4.69) is 0 Å². The van der Waals surface area contributed by atoms with Crippen LogP contribution in [0.25, 0.3) is 0 Å². The number of benzene rings is 1. The van der Waals surface area contributed by atoms with Gasteiger partial charge in [-0.25, -0.2) is 8.42 Å². The van der Waals surface area contributed by atoms with Gasteiger partial charge in [0.05, 0.1) is 16.7 Å².